The highest BCUT2D eigenvalue weighted by Crippen LogP contribution is 2.29. The Labute approximate surface area is 81.6 Å². The van der Waals surface area contributed by atoms with Crippen molar-refractivity contribution in [3.8, 4) is 5.88 Å². The molecule has 14 heavy (non-hydrogen) atoms. The van der Waals surface area contributed by atoms with Gasteiger partial charge in [-0.1, -0.05) is 13.0 Å². The minimum absolute atomic E-state index is 0.486. The number of nitrogens with zero attached hydrogens (tertiary/aromatic N) is 1. The van der Waals surface area contributed by atoms with Crippen molar-refractivity contribution in [2.45, 2.75) is 13.3 Å². The summed E-state index contributed by atoms with van der Waals surface area (Å²) in [5.74, 6) is 0.486. The SMILES string of the molecule is CCCOc1noc2cccc(N)c12. The number of rotatable bonds is 3. The lowest BCUT2D eigenvalue weighted by atomic mass is 10.2. The molecule has 1 heterocycles. The van der Waals surface area contributed by atoms with Crippen LogP contribution in [0, 0.1) is 0 Å². The van der Waals surface area contributed by atoms with Crippen LogP contribution in [0.25, 0.3) is 11.0 Å². The number of fused-ring (bicyclic) bond motifs is 1. The summed E-state index contributed by atoms with van der Waals surface area (Å²) in [4.78, 5) is 0. The largest absolute Gasteiger partial charge is 0.475 e. The van der Waals surface area contributed by atoms with E-state index in [-0.39, 0.29) is 0 Å². The Hall–Kier alpha value is -1.71. The summed E-state index contributed by atoms with van der Waals surface area (Å²) < 4.78 is 10.5. The fourth-order valence-electron chi connectivity index (χ4n) is 1.29. The van der Waals surface area contributed by atoms with Crippen LogP contribution in [0.3, 0.4) is 0 Å². The molecule has 0 bridgehead atoms. The molecule has 0 aliphatic carbocycles. The average molecular weight is 192 g/mol. The normalized spacial score (nSPS) is 10.6. The van der Waals surface area contributed by atoms with Gasteiger partial charge in [-0.05, 0) is 23.7 Å². The number of hydrogen-bond acceptors (Lipinski definition) is 4. The standard InChI is InChI=1S/C10H12N2O2/c1-2-6-13-10-9-7(11)4-3-5-8(9)14-12-10/h3-5H,2,6,11H2,1H3. The molecule has 2 aromatic rings. The lowest BCUT2D eigenvalue weighted by Crippen LogP contribution is -1.96. The molecule has 4 nitrogen and oxygen atoms in total. The second-order valence-corrected chi connectivity index (χ2v) is 3.06. The van der Waals surface area contributed by atoms with Crippen molar-refractivity contribution >= 4 is 16.7 Å². The van der Waals surface area contributed by atoms with Crippen LogP contribution in [-0.4, -0.2) is 11.8 Å². The van der Waals surface area contributed by atoms with Gasteiger partial charge in [0.15, 0.2) is 5.58 Å². The molecule has 0 amide bonds. The van der Waals surface area contributed by atoms with Gasteiger partial charge < -0.3 is 15.0 Å². The van der Waals surface area contributed by atoms with Crippen molar-refractivity contribution in [1.29, 1.82) is 0 Å². The third-order valence-electron chi connectivity index (χ3n) is 1.94. The van der Waals surface area contributed by atoms with Gasteiger partial charge in [0.05, 0.1) is 6.61 Å². The van der Waals surface area contributed by atoms with Crippen molar-refractivity contribution in [3.63, 3.8) is 0 Å². The first-order chi connectivity index (χ1) is 6.83. The molecule has 0 atom stereocenters. The van der Waals surface area contributed by atoms with E-state index in [1.54, 1.807) is 6.07 Å². The van der Waals surface area contributed by atoms with Crippen LogP contribution in [0.2, 0.25) is 0 Å². The first-order valence-corrected chi connectivity index (χ1v) is 4.59. The zero-order valence-electron chi connectivity index (χ0n) is 7.99. The van der Waals surface area contributed by atoms with Crippen LogP contribution in [0.1, 0.15) is 13.3 Å². The van der Waals surface area contributed by atoms with Gasteiger partial charge in [0.25, 0.3) is 5.88 Å². The van der Waals surface area contributed by atoms with E-state index in [0.717, 1.165) is 11.8 Å². The number of ether oxygens (including phenoxy) is 1. The quantitative estimate of drug-likeness (QED) is 0.757. The Kier molecular flexibility index (Phi) is 2.26. The molecule has 1 aromatic carbocycles. The molecule has 2 rings (SSSR count). The highest BCUT2D eigenvalue weighted by atomic mass is 16.5. The number of benzene rings is 1. The predicted molar refractivity (Wildman–Crippen MR) is 54.2 cm³/mol. The highest BCUT2D eigenvalue weighted by molar-refractivity contribution is 5.93. The van der Waals surface area contributed by atoms with E-state index in [9.17, 15) is 0 Å². The van der Waals surface area contributed by atoms with Crippen molar-refractivity contribution in [1.82, 2.24) is 5.16 Å². The van der Waals surface area contributed by atoms with Crippen molar-refractivity contribution < 1.29 is 9.26 Å². The molecule has 1 aromatic heterocycles. The highest BCUT2D eigenvalue weighted by Gasteiger charge is 2.11. The second-order valence-electron chi connectivity index (χ2n) is 3.06. The summed E-state index contributed by atoms with van der Waals surface area (Å²) in [6.45, 7) is 2.65. The Morgan fingerprint density at radius 3 is 3.14 bits per heavy atom. The summed E-state index contributed by atoms with van der Waals surface area (Å²) in [5.41, 5.74) is 7.09. The molecule has 0 saturated carbocycles. The van der Waals surface area contributed by atoms with Crippen LogP contribution in [-0.2, 0) is 0 Å². The minimum Gasteiger partial charge on any atom is -0.475 e. The van der Waals surface area contributed by atoms with E-state index < -0.39 is 0 Å². The van der Waals surface area contributed by atoms with Crippen LogP contribution in [0.15, 0.2) is 22.7 Å². The molecule has 2 N–H and O–H groups in total. The van der Waals surface area contributed by atoms with Crippen molar-refractivity contribution in [3.05, 3.63) is 18.2 Å². The first kappa shape index (κ1) is 8.87. The van der Waals surface area contributed by atoms with Gasteiger partial charge in [-0.15, -0.1) is 0 Å². The predicted octanol–water partition coefficient (Wildman–Crippen LogP) is 2.20. The smallest absolute Gasteiger partial charge is 0.264 e. The van der Waals surface area contributed by atoms with E-state index >= 15 is 0 Å². The molecular weight excluding hydrogens is 180 g/mol. The zero-order valence-corrected chi connectivity index (χ0v) is 7.99. The Balaban J connectivity index is 2.45. The van der Waals surface area contributed by atoms with Gasteiger partial charge in [0.1, 0.15) is 5.39 Å². The summed E-state index contributed by atoms with van der Waals surface area (Å²) in [6, 6.07) is 5.45. The maximum atomic E-state index is 5.79. The summed E-state index contributed by atoms with van der Waals surface area (Å²) >= 11 is 0. The van der Waals surface area contributed by atoms with Gasteiger partial charge in [0.2, 0.25) is 0 Å². The van der Waals surface area contributed by atoms with Crippen molar-refractivity contribution in [2.24, 2.45) is 0 Å². The van der Waals surface area contributed by atoms with E-state index in [1.165, 1.54) is 0 Å². The monoisotopic (exact) mass is 192 g/mol. The number of anilines is 1. The minimum atomic E-state index is 0.486. The number of hydrogen-bond donors (Lipinski definition) is 1. The molecule has 0 radical (unpaired) electrons. The van der Waals surface area contributed by atoms with Gasteiger partial charge >= 0.3 is 0 Å². The zero-order chi connectivity index (χ0) is 9.97. The third kappa shape index (κ3) is 1.39. The van der Waals surface area contributed by atoms with E-state index in [4.69, 9.17) is 15.0 Å². The maximum Gasteiger partial charge on any atom is 0.264 e. The Bertz CT molecular complexity index is 437. The second kappa shape index (κ2) is 3.57. The molecular formula is C10H12N2O2. The van der Waals surface area contributed by atoms with E-state index in [2.05, 4.69) is 5.16 Å². The lowest BCUT2D eigenvalue weighted by molar-refractivity contribution is 0.284. The number of nitrogen functional groups attached to an aromatic ring is 1. The van der Waals surface area contributed by atoms with Crippen molar-refractivity contribution in [2.75, 3.05) is 12.3 Å². The van der Waals surface area contributed by atoms with Crippen LogP contribution in [0.4, 0.5) is 5.69 Å². The average Bonchev–Trinajstić information content (AvgIpc) is 2.59. The molecule has 74 valence electrons. The fraction of sp³-hybridized carbons (Fsp3) is 0.300. The van der Waals surface area contributed by atoms with Crippen LogP contribution in [0.5, 0.6) is 5.88 Å². The summed E-state index contributed by atoms with van der Waals surface area (Å²) in [5, 5.41) is 4.58. The van der Waals surface area contributed by atoms with Gasteiger partial charge in [-0.3, -0.25) is 0 Å². The first-order valence-electron chi connectivity index (χ1n) is 4.59. The maximum absolute atomic E-state index is 5.79. The van der Waals surface area contributed by atoms with Gasteiger partial charge in [0, 0.05) is 5.69 Å². The molecule has 0 spiro atoms. The molecule has 0 unspecified atom stereocenters. The van der Waals surface area contributed by atoms with Gasteiger partial charge in [-0.25, -0.2) is 0 Å². The molecule has 0 aliphatic heterocycles. The van der Waals surface area contributed by atoms with Crippen LogP contribution >= 0.6 is 0 Å². The molecule has 0 saturated heterocycles. The lowest BCUT2D eigenvalue weighted by Gasteiger charge is -2.00. The van der Waals surface area contributed by atoms with E-state index in [0.29, 0.717) is 23.8 Å². The molecule has 4 heteroatoms. The number of nitrogens with two attached hydrogens (primary N) is 1. The van der Waals surface area contributed by atoms with Crippen LogP contribution < -0.4 is 10.5 Å². The summed E-state index contributed by atoms with van der Waals surface area (Å²) in [7, 11) is 0. The van der Waals surface area contributed by atoms with Gasteiger partial charge in [-0.2, -0.15) is 0 Å². The van der Waals surface area contributed by atoms with E-state index in [1.807, 2.05) is 19.1 Å². The molecule has 0 aliphatic rings. The molecule has 0 fully saturated rings. The Morgan fingerprint density at radius 2 is 2.36 bits per heavy atom. The number of aromatic nitrogens is 1. The Morgan fingerprint density at radius 1 is 1.50 bits per heavy atom. The topological polar surface area (TPSA) is 61.3 Å². The summed E-state index contributed by atoms with van der Waals surface area (Å²) in [6.07, 6.45) is 0.932. The fourth-order valence-corrected chi connectivity index (χ4v) is 1.29. The third-order valence-corrected chi connectivity index (χ3v) is 1.94.